The van der Waals surface area contributed by atoms with Crippen LogP contribution in [0.25, 0.3) is 0 Å². The fraction of sp³-hybridized carbons (Fsp3) is 0.625. The summed E-state index contributed by atoms with van der Waals surface area (Å²) < 4.78 is 10.7. The molecule has 0 aromatic heterocycles. The fourth-order valence-corrected chi connectivity index (χ4v) is 3.74. The second kappa shape index (κ2) is 6.86. The maximum Gasteiger partial charge on any atom is 0.122 e. The molecule has 3 atom stereocenters. The number of rotatable bonds is 4. The number of methoxy groups -OCH3 is 2. The van der Waals surface area contributed by atoms with Crippen LogP contribution < -0.4 is 15.2 Å². The molecule has 1 aliphatic heterocycles. The molecule has 1 aromatic rings. The van der Waals surface area contributed by atoms with Crippen molar-refractivity contribution in [1.29, 1.82) is 0 Å². The molecule has 5 heteroatoms. The van der Waals surface area contributed by atoms with Gasteiger partial charge in [0.25, 0.3) is 0 Å². The van der Waals surface area contributed by atoms with Crippen LogP contribution in [-0.4, -0.2) is 38.3 Å². The average molecular weight is 313 g/mol. The van der Waals surface area contributed by atoms with Crippen LogP contribution >= 0.6 is 12.4 Å². The molecule has 1 saturated carbocycles. The van der Waals surface area contributed by atoms with Crippen LogP contribution in [0.1, 0.15) is 18.4 Å². The van der Waals surface area contributed by atoms with Gasteiger partial charge in [-0.15, -0.1) is 12.4 Å². The van der Waals surface area contributed by atoms with Gasteiger partial charge < -0.3 is 15.2 Å². The van der Waals surface area contributed by atoms with E-state index in [-0.39, 0.29) is 12.4 Å². The fourth-order valence-electron chi connectivity index (χ4n) is 3.74. The summed E-state index contributed by atoms with van der Waals surface area (Å²) in [7, 11) is 3.38. The van der Waals surface area contributed by atoms with Crippen molar-refractivity contribution in [1.82, 2.24) is 4.90 Å². The van der Waals surface area contributed by atoms with E-state index in [4.69, 9.17) is 15.2 Å². The first-order valence-electron chi connectivity index (χ1n) is 7.39. The zero-order valence-corrected chi connectivity index (χ0v) is 13.6. The predicted octanol–water partition coefficient (Wildman–Crippen LogP) is 2.29. The smallest absolute Gasteiger partial charge is 0.122 e. The molecular formula is C16H25ClN2O2. The van der Waals surface area contributed by atoms with Gasteiger partial charge in [-0.1, -0.05) is 0 Å². The standard InChI is InChI=1S/C16H24N2O2.ClH/c1-19-13-5-11(6-14(7-13)20-2)8-18-9-12-3-4-16(17)15(12)10-18;/h5-7,12,15-16H,3-4,8-10,17H2,1-2H3;1H. The Morgan fingerprint density at radius 3 is 2.33 bits per heavy atom. The normalized spacial score (nSPS) is 28.0. The third-order valence-electron chi connectivity index (χ3n) is 4.81. The largest absolute Gasteiger partial charge is 0.497 e. The van der Waals surface area contributed by atoms with Gasteiger partial charge in [0.15, 0.2) is 0 Å². The number of halogens is 1. The van der Waals surface area contributed by atoms with Crippen LogP contribution in [0, 0.1) is 11.8 Å². The van der Waals surface area contributed by atoms with E-state index >= 15 is 0 Å². The minimum absolute atomic E-state index is 0. The minimum Gasteiger partial charge on any atom is -0.497 e. The van der Waals surface area contributed by atoms with Crippen molar-refractivity contribution in [2.75, 3.05) is 27.3 Å². The first-order valence-corrected chi connectivity index (χ1v) is 7.39. The van der Waals surface area contributed by atoms with E-state index in [9.17, 15) is 0 Å². The number of fused-ring (bicyclic) bond motifs is 1. The lowest BCUT2D eigenvalue weighted by Crippen LogP contribution is -2.30. The lowest BCUT2D eigenvalue weighted by molar-refractivity contribution is 0.296. The Hall–Kier alpha value is -0.970. The lowest BCUT2D eigenvalue weighted by Gasteiger charge is -2.19. The number of nitrogens with zero attached hydrogens (tertiary/aromatic N) is 1. The van der Waals surface area contributed by atoms with Gasteiger partial charge in [-0.05, 0) is 42.4 Å². The van der Waals surface area contributed by atoms with Gasteiger partial charge in [-0.3, -0.25) is 4.90 Å². The van der Waals surface area contributed by atoms with Crippen molar-refractivity contribution in [3.63, 3.8) is 0 Å². The van der Waals surface area contributed by atoms with E-state index < -0.39 is 0 Å². The first-order chi connectivity index (χ1) is 9.69. The molecule has 1 aromatic carbocycles. The van der Waals surface area contributed by atoms with Crippen LogP contribution in [0.15, 0.2) is 18.2 Å². The third-order valence-corrected chi connectivity index (χ3v) is 4.81. The first kappa shape index (κ1) is 16.4. The number of nitrogens with two attached hydrogens (primary N) is 1. The van der Waals surface area contributed by atoms with Crippen molar-refractivity contribution in [2.24, 2.45) is 17.6 Å². The molecule has 1 saturated heterocycles. The lowest BCUT2D eigenvalue weighted by atomic mass is 9.98. The monoisotopic (exact) mass is 312 g/mol. The minimum atomic E-state index is 0. The second-order valence-electron chi connectivity index (χ2n) is 6.08. The molecule has 0 radical (unpaired) electrons. The summed E-state index contributed by atoms with van der Waals surface area (Å²) in [5, 5.41) is 0. The Labute approximate surface area is 133 Å². The quantitative estimate of drug-likeness (QED) is 0.926. The Balaban J connectivity index is 0.00000161. The molecule has 0 bridgehead atoms. The van der Waals surface area contributed by atoms with E-state index in [0.29, 0.717) is 12.0 Å². The molecule has 2 N–H and O–H groups in total. The van der Waals surface area contributed by atoms with Crippen molar-refractivity contribution in [3.8, 4) is 11.5 Å². The van der Waals surface area contributed by atoms with Crippen molar-refractivity contribution < 1.29 is 9.47 Å². The van der Waals surface area contributed by atoms with Crippen LogP contribution in [0.3, 0.4) is 0 Å². The molecule has 118 valence electrons. The van der Waals surface area contributed by atoms with Crippen LogP contribution in [0.2, 0.25) is 0 Å². The zero-order chi connectivity index (χ0) is 14.1. The highest BCUT2D eigenvalue weighted by Gasteiger charge is 2.40. The summed E-state index contributed by atoms with van der Waals surface area (Å²) >= 11 is 0. The molecule has 0 amide bonds. The van der Waals surface area contributed by atoms with Gasteiger partial charge in [0.05, 0.1) is 14.2 Å². The average Bonchev–Trinajstić information content (AvgIpc) is 3.00. The Bertz CT molecular complexity index is 461. The van der Waals surface area contributed by atoms with Gasteiger partial charge in [0.1, 0.15) is 11.5 Å². The molecule has 3 unspecified atom stereocenters. The topological polar surface area (TPSA) is 47.7 Å². The molecule has 21 heavy (non-hydrogen) atoms. The van der Waals surface area contributed by atoms with E-state index in [1.807, 2.05) is 6.07 Å². The molecule has 2 aliphatic rings. The van der Waals surface area contributed by atoms with Crippen LogP contribution in [0.5, 0.6) is 11.5 Å². The molecular weight excluding hydrogens is 288 g/mol. The summed E-state index contributed by atoms with van der Waals surface area (Å²) in [6.07, 6.45) is 2.50. The van der Waals surface area contributed by atoms with Crippen molar-refractivity contribution >= 4 is 12.4 Å². The molecule has 1 heterocycles. The molecule has 0 spiro atoms. The van der Waals surface area contributed by atoms with Gasteiger partial charge in [-0.2, -0.15) is 0 Å². The highest BCUT2D eigenvalue weighted by Crippen LogP contribution is 2.38. The van der Waals surface area contributed by atoms with Gasteiger partial charge in [-0.25, -0.2) is 0 Å². The van der Waals surface area contributed by atoms with E-state index in [0.717, 1.165) is 30.5 Å². The maximum atomic E-state index is 6.20. The summed E-state index contributed by atoms with van der Waals surface area (Å²) in [6.45, 7) is 3.26. The van der Waals surface area contributed by atoms with Crippen molar-refractivity contribution in [3.05, 3.63) is 23.8 Å². The summed E-state index contributed by atoms with van der Waals surface area (Å²) in [4.78, 5) is 2.52. The van der Waals surface area contributed by atoms with Crippen molar-refractivity contribution in [2.45, 2.75) is 25.4 Å². The van der Waals surface area contributed by atoms with Gasteiger partial charge >= 0.3 is 0 Å². The van der Waals surface area contributed by atoms with Gasteiger partial charge in [0, 0.05) is 31.7 Å². The highest BCUT2D eigenvalue weighted by atomic mass is 35.5. The molecule has 4 nitrogen and oxygen atoms in total. The Morgan fingerprint density at radius 2 is 1.76 bits per heavy atom. The van der Waals surface area contributed by atoms with Crippen LogP contribution in [0.4, 0.5) is 0 Å². The van der Waals surface area contributed by atoms with Gasteiger partial charge in [0.2, 0.25) is 0 Å². The number of hydrogen-bond donors (Lipinski definition) is 1. The maximum absolute atomic E-state index is 6.20. The summed E-state index contributed by atoms with van der Waals surface area (Å²) in [5.41, 5.74) is 7.45. The summed E-state index contributed by atoms with van der Waals surface area (Å²) in [5.74, 6) is 3.21. The SMILES string of the molecule is COc1cc(CN2CC3CCC(N)C3C2)cc(OC)c1.Cl. The molecule has 2 fully saturated rings. The summed E-state index contributed by atoms with van der Waals surface area (Å²) in [6, 6.07) is 6.51. The third kappa shape index (κ3) is 3.44. The molecule has 3 rings (SSSR count). The second-order valence-corrected chi connectivity index (χ2v) is 6.08. The number of likely N-dealkylation sites (tertiary alicyclic amines) is 1. The van der Waals surface area contributed by atoms with E-state index in [1.165, 1.54) is 24.9 Å². The number of benzene rings is 1. The number of ether oxygens (including phenoxy) is 2. The Morgan fingerprint density at radius 1 is 1.10 bits per heavy atom. The predicted molar refractivity (Wildman–Crippen MR) is 86.3 cm³/mol. The highest BCUT2D eigenvalue weighted by molar-refractivity contribution is 5.85. The zero-order valence-electron chi connectivity index (χ0n) is 12.7. The Kier molecular flexibility index (Phi) is 5.36. The molecule has 1 aliphatic carbocycles. The van der Waals surface area contributed by atoms with Crippen LogP contribution in [-0.2, 0) is 6.54 Å². The van der Waals surface area contributed by atoms with E-state index in [1.54, 1.807) is 14.2 Å². The number of hydrogen-bond acceptors (Lipinski definition) is 4. The van der Waals surface area contributed by atoms with E-state index in [2.05, 4.69) is 17.0 Å².